The van der Waals surface area contributed by atoms with Crippen LogP contribution in [0.2, 0.25) is 0 Å². The predicted molar refractivity (Wildman–Crippen MR) is 60.1 cm³/mol. The maximum absolute atomic E-state index is 11.0. The average molecular weight is 199 g/mol. The van der Waals surface area contributed by atoms with Gasteiger partial charge < -0.3 is 0 Å². The second kappa shape index (κ2) is 5.77. The molecule has 76 valence electrons. The molecule has 0 aliphatic rings. The zero-order chi connectivity index (χ0) is 11.1. The van der Waals surface area contributed by atoms with Crippen LogP contribution in [-0.4, -0.2) is 5.78 Å². The van der Waals surface area contributed by atoms with Crippen molar-refractivity contribution in [3.63, 3.8) is 0 Å². The van der Waals surface area contributed by atoms with Gasteiger partial charge in [0.2, 0.25) is 0 Å². The second-order valence-corrected chi connectivity index (χ2v) is 3.34. The maximum atomic E-state index is 11.0. The minimum atomic E-state index is 0.149. The van der Waals surface area contributed by atoms with E-state index in [1.807, 2.05) is 36.4 Å². The predicted octanol–water partition coefficient (Wildman–Crippen LogP) is 2.74. The molecule has 0 saturated heterocycles. The van der Waals surface area contributed by atoms with Gasteiger partial charge in [0.1, 0.15) is 5.78 Å². The number of carbonyl (C=O) groups is 1. The molecule has 2 nitrogen and oxygen atoms in total. The summed E-state index contributed by atoms with van der Waals surface area (Å²) in [6, 6.07) is 9.78. The van der Waals surface area contributed by atoms with Crippen LogP contribution in [0.5, 0.6) is 0 Å². The fraction of sp³-hybridized carbons (Fsp3) is 0.231. The molecule has 0 radical (unpaired) electrons. The average Bonchev–Trinajstić information content (AvgIpc) is 2.20. The van der Waals surface area contributed by atoms with E-state index >= 15 is 0 Å². The van der Waals surface area contributed by atoms with E-state index in [0.717, 1.165) is 11.1 Å². The van der Waals surface area contributed by atoms with Gasteiger partial charge in [-0.15, -0.1) is 0 Å². The van der Waals surface area contributed by atoms with Crippen LogP contribution in [-0.2, 0) is 11.2 Å². The van der Waals surface area contributed by atoms with E-state index in [-0.39, 0.29) is 5.78 Å². The molecule has 0 atom stereocenters. The molecule has 0 spiro atoms. The van der Waals surface area contributed by atoms with Gasteiger partial charge >= 0.3 is 0 Å². The van der Waals surface area contributed by atoms with Crippen LogP contribution in [0.4, 0.5) is 0 Å². The Morgan fingerprint density at radius 1 is 1.47 bits per heavy atom. The van der Waals surface area contributed by atoms with Crippen molar-refractivity contribution in [3.8, 4) is 6.07 Å². The van der Waals surface area contributed by atoms with E-state index in [1.165, 1.54) is 0 Å². The minimum Gasteiger partial charge on any atom is -0.300 e. The Hall–Kier alpha value is -1.88. The van der Waals surface area contributed by atoms with Crippen LogP contribution in [0.25, 0.3) is 6.08 Å². The number of allylic oxidation sites excluding steroid dienone is 1. The smallest absolute Gasteiger partial charge is 0.134 e. The number of rotatable bonds is 4. The lowest BCUT2D eigenvalue weighted by atomic mass is 10.0. The number of Topliss-reactive ketones (excluding diaryl/α,β-unsaturated/α-hetero) is 1. The highest BCUT2D eigenvalue weighted by Crippen LogP contribution is 2.12. The Balaban J connectivity index is 2.87. The second-order valence-electron chi connectivity index (χ2n) is 3.34. The van der Waals surface area contributed by atoms with Crippen molar-refractivity contribution in [2.75, 3.05) is 0 Å². The number of carbonyl (C=O) groups excluding carboxylic acids is 1. The van der Waals surface area contributed by atoms with Gasteiger partial charge in [-0.1, -0.05) is 36.4 Å². The van der Waals surface area contributed by atoms with Crippen LogP contribution < -0.4 is 0 Å². The highest BCUT2D eigenvalue weighted by molar-refractivity contribution is 5.79. The molecule has 1 rings (SSSR count). The van der Waals surface area contributed by atoms with Crippen molar-refractivity contribution in [2.45, 2.75) is 19.8 Å². The molecule has 0 N–H and O–H groups in total. The van der Waals surface area contributed by atoms with Gasteiger partial charge in [-0.05, 0) is 18.1 Å². The number of nitriles is 1. The highest BCUT2D eigenvalue weighted by Gasteiger charge is 2.00. The molecule has 1 aromatic carbocycles. The van der Waals surface area contributed by atoms with E-state index in [2.05, 4.69) is 0 Å². The van der Waals surface area contributed by atoms with Crippen molar-refractivity contribution in [1.29, 1.82) is 5.26 Å². The Kier molecular flexibility index (Phi) is 4.30. The van der Waals surface area contributed by atoms with Crippen molar-refractivity contribution in [2.24, 2.45) is 0 Å². The van der Waals surface area contributed by atoms with Gasteiger partial charge in [-0.2, -0.15) is 5.26 Å². The van der Waals surface area contributed by atoms with Crippen molar-refractivity contribution in [1.82, 2.24) is 0 Å². The summed E-state index contributed by atoms with van der Waals surface area (Å²) < 4.78 is 0. The van der Waals surface area contributed by atoms with E-state index in [1.54, 1.807) is 13.0 Å². The van der Waals surface area contributed by atoms with E-state index < -0.39 is 0 Å². The van der Waals surface area contributed by atoms with Crippen LogP contribution in [0.3, 0.4) is 0 Å². The van der Waals surface area contributed by atoms with Crippen LogP contribution >= 0.6 is 0 Å². The Morgan fingerprint density at radius 3 is 2.87 bits per heavy atom. The third kappa shape index (κ3) is 3.78. The normalized spacial score (nSPS) is 10.1. The lowest BCUT2D eigenvalue weighted by Gasteiger charge is -2.02. The molecule has 0 aliphatic carbocycles. The SMILES string of the molecule is CC(=O)Cc1ccccc1C=CCC#N. The topological polar surface area (TPSA) is 40.9 Å². The van der Waals surface area contributed by atoms with E-state index in [9.17, 15) is 4.79 Å². The molecule has 2 heteroatoms. The third-order valence-corrected chi connectivity index (χ3v) is 2.00. The number of hydrogen-bond acceptors (Lipinski definition) is 2. The van der Waals surface area contributed by atoms with Crippen molar-refractivity contribution < 1.29 is 4.79 Å². The fourth-order valence-electron chi connectivity index (χ4n) is 1.36. The summed E-state index contributed by atoms with van der Waals surface area (Å²) >= 11 is 0. The van der Waals surface area contributed by atoms with Gasteiger partial charge in [-0.25, -0.2) is 0 Å². The molecule has 0 unspecified atom stereocenters. The van der Waals surface area contributed by atoms with E-state index in [4.69, 9.17) is 5.26 Å². The summed E-state index contributed by atoms with van der Waals surface area (Å²) in [7, 11) is 0. The molecular weight excluding hydrogens is 186 g/mol. The van der Waals surface area contributed by atoms with Gasteiger partial charge in [0.05, 0.1) is 12.5 Å². The number of benzene rings is 1. The number of nitrogens with zero attached hydrogens (tertiary/aromatic N) is 1. The van der Waals surface area contributed by atoms with Crippen LogP contribution in [0.15, 0.2) is 30.3 Å². The van der Waals surface area contributed by atoms with Crippen LogP contribution in [0.1, 0.15) is 24.5 Å². The molecule has 0 bridgehead atoms. The fourth-order valence-corrected chi connectivity index (χ4v) is 1.36. The maximum Gasteiger partial charge on any atom is 0.134 e. The van der Waals surface area contributed by atoms with E-state index in [0.29, 0.717) is 12.8 Å². The molecule has 15 heavy (non-hydrogen) atoms. The standard InChI is InChI=1S/C13H13NO/c1-11(15)10-13-8-3-2-6-12(13)7-4-5-9-14/h2-4,6-8H,5,10H2,1H3. The quantitative estimate of drug-likeness (QED) is 0.748. The summed E-state index contributed by atoms with van der Waals surface area (Å²) in [5.74, 6) is 0.149. The third-order valence-electron chi connectivity index (χ3n) is 2.00. The van der Waals surface area contributed by atoms with Gasteiger partial charge in [-0.3, -0.25) is 4.79 Å². The Labute approximate surface area is 89.9 Å². The Bertz CT molecular complexity index is 413. The Morgan fingerprint density at radius 2 is 2.20 bits per heavy atom. The highest BCUT2D eigenvalue weighted by atomic mass is 16.1. The number of ketones is 1. The first-order chi connectivity index (χ1) is 7.24. The first kappa shape index (κ1) is 11.2. The summed E-state index contributed by atoms with van der Waals surface area (Å²) in [4.78, 5) is 11.0. The molecule has 0 aliphatic heterocycles. The molecular formula is C13H13NO. The molecule has 0 fully saturated rings. The van der Waals surface area contributed by atoms with Crippen molar-refractivity contribution >= 4 is 11.9 Å². The summed E-state index contributed by atoms with van der Waals surface area (Å²) in [6.07, 6.45) is 4.54. The first-order valence-electron chi connectivity index (χ1n) is 4.85. The monoisotopic (exact) mass is 199 g/mol. The molecule has 0 heterocycles. The first-order valence-corrected chi connectivity index (χ1v) is 4.85. The van der Waals surface area contributed by atoms with Gasteiger partial charge in [0, 0.05) is 6.42 Å². The van der Waals surface area contributed by atoms with Gasteiger partial charge in [0.25, 0.3) is 0 Å². The van der Waals surface area contributed by atoms with Gasteiger partial charge in [0.15, 0.2) is 0 Å². The zero-order valence-electron chi connectivity index (χ0n) is 8.73. The molecule has 1 aromatic rings. The summed E-state index contributed by atoms with van der Waals surface area (Å²) in [6.45, 7) is 1.58. The largest absolute Gasteiger partial charge is 0.300 e. The zero-order valence-corrected chi connectivity index (χ0v) is 8.73. The summed E-state index contributed by atoms with van der Waals surface area (Å²) in [5.41, 5.74) is 2.03. The summed E-state index contributed by atoms with van der Waals surface area (Å²) in [5, 5.41) is 8.40. The lowest BCUT2D eigenvalue weighted by molar-refractivity contribution is -0.116. The molecule has 0 saturated carbocycles. The molecule has 0 aromatic heterocycles. The lowest BCUT2D eigenvalue weighted by Crippen LogP contribution is -1.98. The van der Waals surface area contributed by atoms with Crippen molar-refractivity contribution in [3.05, 3.63) is 41.5 Å². The number of hydrogen-bond donors (Lipinski definition) is 0. The van der Waals surface area contributed by atoms with Crippen LogP contribution in [0, 0.1) is 11.3 Å². The minimum absolute atomic E-state index is 0.149. The molecule has 0 amide bonds.